The number of nitrogens with two attached hydrogens (primary N) is 1. The van der Waals surface area contributed by atoms with Crippen molar-refractivity contribution in [3.8, 4) is 16.3 Å². The number of nitrogens with zero attached hydrogens (tertiary/aromatic N) is 1. The molecule has 0 atom stereocenters. The molecule has 0 aliphatic heterocycles. The first-order valence-electron chi connectivity index (χ1n) is 9.53. The molecule has 0 radical (unpaired) electrons. The lowest BCUT2D eigenvalue weighted by Crippen LogP contribution is -2.19. The van der Waals surface area contributed by atoms with Crippen molar-refractivity contribution in [3.63, 3.8) is 0 Å². The second-order valence-electron chi connectivity index (χ2n) is 6.71. The van der Waals surface area contributed by atoms with Crippen LogP contribution in [0.15, 0.2) is 78.9 Å². The van der Waals surface area contributed by atoms with Crippen molar-refractivity contribution in [1.29, 1.82) is 0 Å². The van der Waals surface area contributed by atoms with Crippen LogP contribution in [0.25, 0.3) is 26.9 Å². The van der Waals surface area contributed by atoms with Gasteiger partial charge in [0.25, 0.3) is 5.91 Å². The molecule has 7 heteroatoms. The number of aromatic nitrogens is 1. The van der Waals surface area contributed by atoms with Gasteiger partial charge in [0.05, 0.1) is 10.2 Å². The highest BCUT2D eigenvalue weighted by molar-refractivity contribution is 7.21. The van der Waals surface area contributed by atoms with Crippen molar-refractivity contribution in [2.45, 2.75) is 0 Å². The number of carbonyl (C=O) groups is 2. The Morgan fingerprint density at radius 3 is 2.61 bits per heavy atom. The van der Waals surface area contributed by atoms with Gasteiger partial charge in [0, 0.05) is 17.3 Å². The maximum atomic E-state index is 12.3. The van der Waals surface area contributed by atoms with Crippen LogP contribution in [0.3, 0.4) is 0 Å². The minimum Gasteiger partial charge on any atom is -0.484 e. The van der Waals surface area contributed by atoms with E-state index < -0.39 is 5.91 Å². The number of nitrogens with one attached hydrogen (secondary N) is 1. The van der Waals surface area contributed by atoms with Gasteiger partial charge < -0.3 is 15.8 Å². The summed E-state index contributed by atoms with van der Waals surface area (Å²) in [7, 11) is 0. The maximum absolute atomic E-state index is 12.3. The van der Waals surface area contributed by atoms with Crippen molar-refractivity contribution in [2.75, 3.05) is 11.9 Å². The number of primary amides is 1. The lowest BCUT2D eigenvalue weighted by atomic mass is 10.2. The largest absolute Gasteiger partial charge is 0.484 e. The molecule has 3 aromatic carbocycles. The van der Waals surface area contributed by atoms with Gasteiger partial charge in [-0.05, 0) is 48.0 Å². The Balaban J connectivity index is 1.40. The highest BCUT2D eigenvalue weighted by Gasteiger charge is 2.07. The maximum Gasteiger partial charge on any atom is 0.255 e. The molecular weight excluding hydrogens is 410 g/mol. The third kappa shape index (κ3) is 5.34. The first kappa shape index (κ1) is 20.3. The Labute approximate surface area is 183 Å². The predicted octanol–water partition coefficient (Wildman–Crippen LogP) is 4.48. The van der Waals surface area contributed by atoms with Crippen molar-refractivity contribution in [2.24, 2.45) is 5.73 Å². The van der Waals surface area contributed by atoms with E-state index in [-0.39, 0.29) is 12.5 Å². The second kappa shape index (κ2) is 9.23. The molecule has 0 aliphatic carbocycles. The van der Waals surface area contributed by atoms with Crippen molar-refractivity contribution in [1.82, 2.24) is 4.98 Å². The fourth-order valence-electron chi connectivity index (χ4n) is 2.91. The van der Waals surface area contributed by atoms with Gasteiger partial charge >= 0.3 is 0 Å². The Morgan fingerprint density at radius 1 is 1.03 bits per heavy atom. The summed E-state index contributed by atoms with van der Waals surface area (Å²) in [5.41, 5.74) is 8.49. The molecule has 0 unspecified atom stereocenters. The number of anilines is 1. The smallest absolute Gasteiger partial charge is 0.255 e. The van der Waals surface area contributed by atoms with Crippen LogP contribution >= 0.6 is 11.3 Å². The molecule has 0 bridgehead atoms. The highest BCUT2D eigenvalue weighted by atomic mass is 32.1. The summed E-state index contributed by atoms with van der Waals surface area (Å²) in [5.74, 6) is -0.240. The number of para-hydroxylation sites is 1. The minimum atomic E-state index is -0.534. The van der Waals surface area contributed by atoms with Gasteiger partial charge in [0.15, 0.2) is 6.61 Å². The Bertz CT molecular complexity index is 1230. The van der Waals surface area contributed by atoms with E-state index in [0.29, 0.717) is 11.4 Å². The van der Waals surface area contributed by atoms with Gasteiger partial charge in [-0.1, -0.05) is 36.4 Å². The molecule has 2 amide bonds. The number of carbonyl (C=O) groups excluding carboxylic acids is 2. The second-order valence-corrected chi connectivity index (χ2v) is 7.74. The van der Waals surface area contributed by atoms with Gasteiger partial charge in [-0.25, -0.2) is 4.98 Å². The molecule has 0 saturated heterocycles. The fourth-order valence-corrected chi connectivity index (χ4v) is 3.87. The fraction of sp³-hybridized carbons (Fsp3) is 0.0417. The number of fused-ring (bicyclic) bond motifs is 1. The first-order valence-corrected chi connectivity index (χ1v) is 10.3. The predicted molar refractivity (Wildman–Crippen MR) is 124 cm³/mol. The van der Waals surface area contributed by atoms with Crippen LogP contribution in [0.5, 0.6) is 5.75 Å². The number of benzene rings is 3. The van der Waals surface area contributed by atoms with E-state index >= 15 is 0 Å². The van der Waals surface area contributed by atoms with E-state index in [9.17, 15) is 9.59 Å². The van der Waals surface area contributed by atoms with Crippen LogP contribution < -0.4 is 15.8 Å². The summed E-state index contributed by atoms with van der Waals surface area (Å²) in [6.45, 7) is -0.173. The average Bonchev–Trinajstić information content (AvgIpc) is 3.22. The molecule has 0 saturated carbocycles. The van der Waals surface area contributed by atoms with E-state index in [1.54, 1.807) is 41.7 Å². The molecule has 4 aromatic rings. The van der Waals surface area contributed by atoms with Crippen molar-refractivity contribution in [3.05, 3.63) is 84.4 Å². The number of rotatable bonds is 7. The first-order chi connectivity index (χ1) is 15.1. The lowest BCUT2D eigenvalue weighted by Gasteiger charge is -2.05. The van der Waals surface area contributed by atoms with Gasteiger partial charge in [-0.2, -0.15) is 0 Å². The van der Waals surface area contributed by atoms with Crippen LogP contribution in [0.1, 0.15) is 5.56 Å². The van der Waals surface area contributed by atoms with E-state index in [4.69, 9.17) is 10.5 Å². The molecule has 0 fully saturated rings. The summed E-state index contributed by atoms with van der Waals surface area (Å²) in [6.07, 6.45) is 3.16. The van der Waals surface area contributed by atoms with Gasteiger partial charge in [0.2, 0.25) is 5.91 Å². The molecule has 4 rings (SSSR count). The molecular formula is C24H19N3O3S. The molecule has 31 heavy (non-hydrogen) atoms. The summed E-state index contributed by atoms with van der Waals surface area (Å²) in [5, 5.41) is 3.78. The zero-order valence-electron chi connectivity index (χ0n) is 16.4. The summed E-state index contributed by atoms with van der Waals surface area (Å²) >= 11 is 1.62. The SMILES string of the molecule is NC(=O)COc1ccc(/C=C/C(=O)Nc2cccc(-c3nc4ccccc4s3)c2)cc1. The van der Waals surface area contributed by atoms with E-state index in [1.165, 1.54) is 6.08 Å². The third-order valence-corrected chi connectivity index (χ3v) is 5.44. The third-order valence-electron chi connectivity index (χ3n) is 4.36. The number of hydrogen-bond donors (Lipinski definition) is 2. The van der Waals surface area contributed by atoms with Crippen LogP contribution in [0, 0.1) is 0 Å². The lowest BCUT2D eigenvalue weighted by molar-refractivity contribution is -0.120. The normalized spacial score (nSPS) is 11.0. The zero-order chi connectivity index (χ0) is 21.6. The monoisotopic (exact) mass is 429 g/mol. The molecule has 154 valence electrons. The Kier molecular flexibility index (Phi) is 6.05. The molecule has 3 N–H and O–H groups in total. The molecule has 1 aromatic heterocycles. The standard InChI is InChI=1S/C24H19N3O3S/c25-22(28)15-30-19-11-8-16(9-12-19)10-13-23(29)26-18-5-3-4-17(14-18)24-27-20-6-1-2-7-21(20)31-24/h1-14H,15H2,(H2,25,28)(H,26,29)/b13-10+. The Hall–Kier alpha value is -3.97. The zero-order valence-corrected chi connectivity index (χ0v) is 17.3. The number of hydrogen-bond acceptors (Lipinski definition) is 5. The minimum absolute atomic E-state index is 0.173. The van der Waals surface area contributed by atoms with E-state index in [1.807, 2.05) is 48.5 Å². The molecule has 0 aliphatic rings. The van der Waals surface area contributed by atoms with Gasteiger partial charge in [-0.3, -0.25) is 9.59 Å². The van der Waals surface area contributed by atoms with Gasteiger partial charge in [-0.15, -0.1) is 11.3 Å². The van der Waals surface area contributed by atoms with Crippen LogP contribution in [0.2, 0.25) is 0 Å². The average molecular weight is 430 g/mol. The molecule has 1 heterocycles. The number of thiazole rings is 1. The quantitative estimate of drug-likeness (QED) is 0.424. The number of ether oxygens (including phenoxy) is 1. The van der Waals surface area contributed by atoms with Crippen LogP contribution in [-0.4, -0.2) is 23.4 Å². The van der Waals surface area contributed by atoms with Crippen LogP contribution in [0.4, 0.5) is 5.69 Å². The summed E-state index contributed by atoms with van der Waals surface area (Å²) < 4.78 is 6.34. The highest BCUT2D eigenvalue weighted by Crippen LogP contribution is 2.31. The van der Waals surface area contributed by atoms with Crippen LogP contribution in [-0.2, 0) is 9.59 Å². The van der Waals surface area contributed by atoms with Gasteiger partial charge in [0.1, 0.15) is 10.8 Å². The van der Waals surface area contributed by atoms with E-state index in [2.05, 4.69) is 10.3 Å². The molecule has 0 spiro atoms. The summed E-state index contributed by atoms with van der Waals surface area (Å²) in [4.78, 5) is 27.7. The Morgan fingerprint density at radius 2 is 1.84 bits per heavy atom. The van der Waals surface area contributed by atoms with E-state index in [0.717, 1.165) is 26.4 Å². The van der Waals surface area contributed by atoms with Crippen molar-refractivity contribution < 1.29 is 14.3 Å². The number of amides is 2. The molecule has 6 nitrogen and oxygen atoms in total. The summed E-state index contributed by atoms with van der Waals surface area (Å²) in [6, 6.07) is 22.6. The van der Waals surface area contributed by atoms with Crippen molar-refractivity contribution >= 4 is 45.1 Å². The topological polar surface area (TPSA) is 94.3 Å².